The summed E-state index contributed by atoms with van der Waals surface area (Å²) in [5.41, 5.74) is 5.36. The molecule has 2 fully saturated rings. The third kappa shape index (κ3) is 2.75. The van der Waals surface area contributed by atoms with Gasteiger partial charge >= 0.3 is 0 Å². The number of hydrogen-bond acceptors (Lipinski definition) is 6. The predicted molar refractivity (Wildman–Crippen MR) is 80.9 cm³/mol. The van der Waals surface area contributed by atoms with E-state index in [4.69, 9.17) is 10.3 Å². The van der Waals surface area contributed by atoms with Gasteiger partial charge in [-0.2, -0.15) is 4.98 Å². The van der Waals surface area contributed by atoms with Crippen molar-refractivity contribution in [3.05, 3.63) is 11.7 Å². The molecule has 122 valence electrons. The van der Waals surface area contributed by atoms with Crippen LogP contribution in [0.1, 0.15) is 57.2 Å². The maximum Gasteiger partial charge on any atom is 0.248 e. The molecule has 1 atom stereocenters. The first-order valence-corrected chi connectivity index (χ1v) is 8.04. The fourth-order valence-electron chi connectivity index (χ4n) is 3.72. The normalized spacial score (nSPS) is 28.7. The highest BCUT2D eigenvalue weighted by Gasteiger charge is 2.43. The third-order valence-electron chi connectivity index (χ3n) is 4.89. The van der Waals surface area contributed by atoms with Crippen molar-refractivity contribution in [2.75, 3.05) is 20.1 Å². The second-order valence-corrected chi connectivity index (χ2v) is 6.89. The Bertz CT molecular complexity index is 552. The molecule has 1 saturated heterocycles. The standard InChI is InChI=1S/C15H25N5O2/c1-11(21)18-15(6-4-3-5-7-15)12-17-13(22-19-12)14(16)8-9-20(2)10-14/h3-10,16H2,1-2H3,(H,18,21). The first-order valence-electron chi connectivity index (χ1n) is 8.04. The molecule has 0 bridgehead atoms. The summed E-state index contributed by atoms with van der Waals surface area (Å²) in [6.45, 7) is 3.17. The number of hydrogen-bond donors (Lipinski definition) is 2. The SMILES string of the molecule is CC(=O)NC1(c2noc(C3(N)CCN(C)C3)n2)CCCCC1. The Labute approximate surface area is 130 Å². The van der Waals surface area contributed by atoms with Gasteiger partial charge in [-0.05, 0) is 26.3 Å². The van der Waals surface area contributed by atoms with Gasteiger partial charge in [0, 0.05) is 20.0 Å². The fourth-order valence-corrected chi connectivity index (χ4v) is 3.72. The number of likely N-dealkylation sites (N-methyl/N-ethyl adjacent to an activating group) is 1. The van der Waals surface area contributed by atoms with Gasteiger partial charge in [-0.3, -0.25) is 4.79 Å². The smallest absolute Gasteiger partial charge is 0.248 e. The topological polar surface area (TPSA) is 97.3 Å². The molecule has 1 amide bonds. The second-order valence-electron chi connectivity index (χ2n) is 6.89. The minimum absolute atomic E-state index is 0.0590. The van der Waals surface area contributed by atoms with Crippen LogP contribution in [0.5, 0.6) is 0 Å². The van der Waals surface area contributed by atoms with E-state index in [1.165, 1.54) is 13.3 Å². The summed E-state index contributed by atoms with van der Waals surface area (Å²) in [6.07, 6.45) is 5.79. The lowest BCUT2D eigenvalue weighted by atomic mass is 9.81. The summed E-state index contributed by atoms with van der Waals surface area (Å²) in [5, 5.41) is 7.24. The van der Waals surface area contributed by atoms with E-state index in [1.54, 1.807) is 0 Å². The van der Waals surface area contributed by atoms with Crippen LogP contribution in [0.25, 0.3) is 0 Å². The highest BCUT2D eigenvalue weighted by atomic mass is 16.5. The molecule has 2 heterocycles. The van der Waals surface area contributed by atoms with Crippen LogP contribution in [0.3, 0.4) is 0 Å². The molecule has 0 radical (unpaired) electrons. The molecule has 0 spiro atoms. The largest absolute Gasteiger partial charge is 0.343 e. The molecule has 3 rings (SSSR count). The van der Waals surface area contributed by atoms with Crippen LogP contribution in [-0.2, 0) is 15.9 Å². The zero-order valence-electron chi connectivity index (χ0n) is 13.4. The summed E-state index contributed by atoms with van der Waals surface area (Å²) < 4.78 is 5.50. The third-order valence-corrected chi connectivity index (χ3v) is 4.89. The van der Waals surface area contributed by atoms with E-state index in [2.05, 4.69) is 20.4 Å². The van der Waals surface area contributed by atoms with Gasteiger partial charge in [0.25, 0.3) is 0 Å². The fraction of sp³-hybridized carbons (Fsp3) is 0.800. The monoisotopic (exact) mass is 307 g/mol. The summed E-state index contributed by atoms with van der Waals surface area (Å²) >= 11 is 0. The number of nitrogens with two attached hydrogens (primary N) is 1. The molecule has 22 heavy (non-hydrogen) atoms. The summed E-state index contributed by atoms with van der Waals surface area (Å²) in [7, 11) is 2.03. The molecule has 0 aromatic carbocycles. The molecule has 1 saturated carbocycles. The Hall–Kier alpha value is -1.47. The van der Waals surface area contributed by atoms with E-state index >= 15 is 0 Å². The van der Waals surface area contributed by atoms with Gasteiger partial charge in [0.15, 0.2) is 5.82 Å². The second kappa shape index (κ2) is 5.62. The van der Waals surface area contributed by atoms with E-state index in [0.29, 0.717) is 18.3 Å². The number of rotatable bonds is 3. The van der Waals surface area contributed by atoms with Crippen LogP contribution >= 0.6 is 0 Å². The first kappa shape index (κ1) is 15.4. The average Bonchev–Trinajstić information content (AvgIpc) is 3.07. The van der Waals surface area contributed by atoms with Crippen molar-refractivity contribution >= 4 is 5.91 Å². The Morgan fingerprint density at radius 1 is 1.32 bits per heavy atom. The van der Waals surface area contributed by atoms with Crippen molar-refractivity contribution < 1.29 is 9.32 Å². The summed E-state index contributed by atoms with van der Waals surface area (Å²) in [4.78, 5) is 18.4. The zero-order chi connectivity index (χ0) is 15.8. The molecule has 7 nitrogen and oxygen atoms in total. The predicted octanol–water partition coefficient (Wildman–Crippen LogP) is 0.855. The first-order chi connectivity index (χ1) is 10.4. The van der Waals surface area contributed by atoms with Crippen LogP contribution in [-0.4, -0.2) is 41.1 Å². The number of nitrogens with one attached hydrogen (secondary N) is 1. The van der Waals surface area contributed by atoms with Gasteiger partial charge in [0.05, 0.1) is 0 Å². The Morgan fingerprint density at radius 3 is 2.64 bits per heavy atom. The summed E-state index contributed by atoms with van der Waals surface area (Å²) in [6, 6.07) is 0. The van der Waals surface area contributed by atoms with Gasteiger partial charge in [0.1, 0.15) is 11.1 Å². The molecule has 1 aliphatic carbocycles. The maximum absolute atomic E-state index is 11.6. The number of carbonyl (C=O) groups excluding carboxylic acids is 1. The molecule has 1 aromatic rings. The number of amides is 1. The quantitative estimate of drug-likeness (QED) is 0.859. The highest BCUT2D eigenvalue weighted by molar-refractivity contribution is 5.74. The summed E-state index contributed by atoms with van der Waals surface area (Å²) in [5.74, 6) is 1.01. The molecule has 1 aliphatic heterocycles. The van der Waals surface area contributed by atoms with E-state index in [-0.39, 0.29) is 5.91 Å². The van der Waals surface area contributed by atoms with E-state index in [0.717, 1.165) is 38.6 Å². The van der Waals surface area contributed by atoms with Crippen molar-refractivity contribution in [3.8, 4) is 0 Å². The Kier molecular flexibility index (Phi) is 3.94. The lowest BCUT2D eigenvalue weighted by molar-refractivity contribution is -0.121. The van der Waals surface area contributed by atoms with Gasteiger partial charge < -0.3 is 20.5 Å². The minimum atomic E-state index is -0.577. The van der Waals surface area contributed by atoms with E-state index in [9.17, 15) is 4.79 Å². The van der Waals surface area contributed by atoms with Gasteiger partial charge in [-0.1, -0.05) is 24.4 Å². The maximum atomic E-state index is 11.6. The van der Waals surface area contributed by atoms with Crippen molar-refractivity contribution in [2.45, 2.75) is 56.5 Å². The number of aromatic nitrogens is 2. The Balaban J connectivity index is 1.88. The molecule has 2 aliphatic rings. The van der Waals surface area contributed by atoms with Gasteiger partial charge in [-0.25, -0.2) is 0 Å². The molecule has 1 aromatic heterocycles. The van der Waals surface area contributed by atoms with Crippen molar-refractivity contribution in [1.82, 2.24) is 20.4 Å². The highest BCUT2D eigenvalue weighted by Crippen LogP contribution is 2.37. The molecule has 3 N–H and O–H groups in total. The lowest BCUT2D eigenvalue weighted by Crippen LogP contribution is -2.47. The molecule has 7 heteroatoms. The minimum Gasteiger partial charge on any atom is -0.343 e. The van der Waals surface area contributed by atoms with Crippen molar-refractivity contribution in [1.29, 1.82) is 0 Å². The van der Waals surface area contributed by atoms with Crippen LogP contribution in [0.4, 0.5) is 0 Å². The van der Waals surface area contributed by atoms with Gasteiger partial charge in [-0.15, -0.1) is 0 Å². The molecule has 1 unspecified atom stereocenters. The van der Waals surface area contributed by atoms with Crippen LogP contribution in [0.2, 0.25) is 0 Å². The Morgan fingerprint density at radius 2 is 2.05 bits per heavy atom. The van der Waals surface area contributed by atoms with Crippen LogP contribution in [0, 0.1) is 0 Å². The lowest BCUT2D eigenvalue weighted by Gasteiger charge is -2.34. The average molecular weight is 307 g/mol. The van der Waals surface area contributed by atoms with Crippen molar-refractivity contribution in [3.63, 3.8) is 0 Å². The van der Waals surface area contributed by atoms with Crippen molar-refractivity contribution in [2.24, 2.45) is 5.73 Å². The van der Waals surface area contributed by atoms with Gasteiger partial charge in [0.2, 0.25) is 11.8 Å². The number of carbonyl (C=O) groups is 1. The van der Waals surface area contributed by atoms with Crippen LogP contribution < -0.4 is 11.1 Å². The van der Waals surface area contributed by atoms with E-state index < -0.39 is 11.1 Å². The molecular formula is C15H25N5O2. The molecular weight excluding hydrogens is 282 g/mol. The zero-order valence-corrected chi connectivity index (χ0v) is 13.4. The van der Waals surface area contributed by atoms with Crippen LogP contribution in [0.15, 0.2) is 4.52 Å². The number of likely N-dealkylation sites (tertiary alicyclic amines) is 1. The number of nitrogens with zero attached hydrogens (tertiary/aromatic N) is 3. The van der Waals surface area contributed by atoms with E-state index in [1.807, 2.05) is 7.05 Å².